The minimum atomic E-state index is -1.20. The summed E-state index contributed by atoms with van der Waals surface area (Å²) in [7, 11) is 0. The first-order chi connectivity index (χ1) is 16.0. The van der Waals surface area contributed by atoms with E-state index in [-0.39, 0.29) is 23.9 Å². The number of carboxylic acids is 1. The third kappa shape index (κ3) is 3.89. The first-order valence-electron chi connectivity index (χ1n) is 10.2. The van der Waals surface area contributed by atoms with Crippen molar-refractivity contribution in [1.29, 1.82) is 0 Å². The van der Waals surface area contributed by atoms with E-state index in [2.05, 4.69) is 38.5 Å². The quantitative estimate of drug-likeness (QED) is 0.364. The van der Waals surface area contributed by atoms with Gasteiger partial charge in [0.1, 0.15) is 12.2 Å². The third-order valence-electron chi connectivity index (χ3n) is 5.63. The van der Waals surface area contributed by atoms with E-state index < -0.39 is 12.1 Å². The van der Waals surface area contributed by atoms with Crippen molar-refractivity contribution in [1.82, 2.24) is 9.78 Å². The third-order valence-corrected chi connectivity index (χ3v) is 6.16. The van der Waals surface area contributed by atoms with Gasteiger partial charge in [-0.25, -0.2) is 14.3 Å². The number of aromatic carboxylic acids is 1. The Morgan fingerprint density at radius 3 is 2.18 bits per heavy atom. The van der Waals surface area contributed by atoms with Gasteiger partial charge < -0.3 is 9.84 Å². The standard InChI is InChI=1S/C25H18BrN3O4/c26-15-9-11-16(12-10-15)29-23(21(13-27-29)24(30)31)28-25(32)33-14-22-19-7-3-1-5-17(19)18-6-2-4-8-20(18)22/h1-13,22H,14H2,(H,28,32)(H,30,31). The molecule has 0 saturated heterocycles. The second kappa shape index (κ2) is 8.55. The van der Waals surface area contributed by atoms with Gasteiger partial charge >= 0.3 is 12.1 Å². The van der Waals surface area contributed by atoms with Crippen molar-refractivity contribution < 1.29 is 19.4 Å². The van der Waals surface area contributed by atoms with Gasteiger partial charge in [0.05, 0.1) is 11.9 Å². The highest BCUT2D eigenvalue weighted by molar-refractivity contribution is 9.10. The van der Waals surface area contributed by atoms with Crippen molar-refractivity contribution in [2.24, 2.45) is 0 Å². The van der Waals surface area contributed by atoms with Crippen molar-refractivity contribution in [2.75, 3.05) is 11.9 Å². The Morgan fingerprint density at radius 2 is 1.58 bits per heavy atom. The summed E-state index contributed by atoms with van der Waals surface area (Å²) in [5, 5.41) is 16.3. The summed E-state index contributed by atoms with van der Waals surface area (Å²) in [5.41, 5.74) is 4.91. The lowest BCUT2D eigenvalue weighted by Crippen LogP contribution is -2.21. The lowest BCUT2D eigenvalue weighted by atomic mass is 9.98. The van der Waals surface area contributed by atoms with Crippen LogP contribution in [0.3, 0.4) is 0 Å². The number of nitrogens with one attached hydrogen (secondary N) is 1. The van der Waals surface area contributed by atoms with Crippen LogP contribution in [0.25, 0.3) is 16.8 Å². The van der Waals surface area contributed by atoms with E-state index >= 15 is 0 Å². The molecule has 0 aliphatic heterocycles. The zero-order chi connectivity index (χ0) is 22.9. The number of aromatic nitrogens is 2. The van der Waals surface area contributed by atoms with E-state index in [1.807, 2.05) is 36.4 Å². The fourth-order valence-corrected chi connectivity index (χ4v) is 4.40. The van der Waals surface area contributed by atoms with Gasteiger partial charge in [0.2, 0.25) is 0 Å². The number of halogens is 1. The van der Waals surface area contributed by atoms with Crippen molar-refractivity contribution in [3.8, 4) is 16.8 Å². The molecular formula is C25H18BrN3O4. The lowest BCUT2D eigenvalue weighted by molar-refractivity contribution is 0.0698. The van der Waals surface area contributed by atoms with Crippen molar-refractivity contribution in [3.63, 3.8) is 0 Å². The molecule has 0 bridgehead atoms. The molecule has 164 valence electrons. The summed E-state index contributed by atoms with van der Waals surface area (Å²) >= 11 is 3.37. The monoisotopic (exact) mass is 503 g/mol. The summed E-state index contributed by atoms with van der Waals surface area (Å²) < 4.78 is 7.79. The summed E-state index contributed by atoms with van der Waals surface area (Å²) in [4.78, 5) is 24.4. The number of rotatable bonds is 5. The largest absolute Gasteiger partial charge is 0.477 e. The van der Waals surface area contributed by atoms with Crippen LogP contribution in [0.2, 0.25) is 0 Å². The summed E-state index contributed by atoms with van der Waals surface area (Å²) in [5.74, 6) is -1.27. The van der Waals surface area contributed by atoms with Crippen LogP contribution in [0.4, 0.5) is 10.6 Å². The number of carboxylic acid groups (broad SMARTS) is 1. The van der Waals surface area contributed by atoms with Crippen LogP contribution in [-0.2, 0) is 4.74 Å². The van der Waals surface area contributed by atoms with Crippen LogP contribution >= 0.6 is 15.9 Å². The number of hydrogen-bond acceptors (Lipinski definition) is 4. The maximum absolute atomic E-state index is 12.7. The van der Waals surface area contributed by atoms with E-state index in [1.165, 1.54) is 10.9 Å². The van der Waals surface area contributed by atoms with Crippen LogP contribution in [0.1, 0.15) is 27.4 Å². The molecule has 0 radical (unpaired) electrons. The number of fused-ring (bicyclic) bond motifs is 3. The van der Waals surface area contributed by atoms with Crippen molar-refractivity contribution in [3.05, 3.63) is 100 Å². The molecule has 2 N–H and O–H groups in total. The van der Waals surface area contributed by atoms with Gasteiger partial charge in [0.25, 0.3) is 0 Å². The summed E-state index contributed by atoms with van der Waals surface area (Å²) in [6, 6.07) is 23.2. The average molecular weight is 504 g/mol. The number of benzene rings is 3. The SMILES string of the molecule is O=C(Nc1c(C(=O)O)cnn1-c1ccc(Br)cc1)OCC1c2ccccc2-c2ccccc21. The number of amides is 1. The molecule has 1 amide bonds. The van der Waals surface area contributed by atoms with Gasteiger partial charge in [-0.3, -0.25) is 5.32 Å². The molecule has 1 heterocycles. The maximum Gasteiger partial charge on any atom is 0.412 e. The number of carbonyl (C=O) groups excluding carboxylic acids is 1. The van der Waals surface area contributed by atoms with E-state index in [0.29, 0.717) is 5.69 Å². The van der Waals surface area contributed by atoms with Gasteiger partial charge in [-0.05, 0) is 46.5 Å². The van der Waals surface area contributed by atoms with Crippen LogP contribution in [0, 0.1) is 0 Å². The van der Waals surface area contributed by atoms with E-state index in [1.54, 1.807) is 24.3 Å². The zero-order valence-corrected chi connectivity index (χ0v) is 18.8. The normalized spacial score (nSPS) is 12.2. The van der Waals surface area contributed by atoms with E-state index in [4.69, 9.17) is 4.74 Å². The molecule has 8 heteroatoms. The van der Waals surface area contributed by atoms with Gasteiger partial charge in [-0.2, -0.15) is 5.10 Å². The second-order valence-corrected chi connectivity index (χ2v) is 8.47. The predicted molar refractivity (Wildman–Crippen MR) is 127 cm³/mol. The Morgan fingerprint density at radius 1 is 0.970 bits per heavy atom. The van der Waals surface area contributed by atoms with E-state index in [0.717, 1.165) is 26.7 Å². The van der Waals surface area contributed by atoms with Crippen LogP contribution in [-0.4, -0.2) is 33.6 Å². The molecule has 0 saturated carbocycles. The average Bonchev–Trinajstić information content (AvgIpc) is 3.38. The fourth-order valence-electron chi connectivity index (χ4n) is 4.13. The molecule has 4 aromatic rings. The summed E-state index contributed by atoms with van der Waals surface area (Å²) in [6.07, 6.45) is 0.446. The molecule has 1 aromatic heterocycles. The highest BCUT2D eigenvalue weighted by atomic mass is 79.9. The zero-order valence-electron chi connectivity index (χ0n) is 17.2. The Balaban J connectivity index is 1.38. The Kier molecular flexibility index (Phi) is 5.43. The number of carbonyl (C=O) groups is 2. The van der Waals surface area contributed by atoms with E-state index in [9.17, 15) is 14.7 Å². The number of ether oxygens (including phenoxy) is 1. The number of hydrogen-bond donors (Lipinski definition) is 2. The number of anilines is 1. The maximum atomic E-state index is 12.7. The lowest BCUT2D eigenvalue weighted by Gasteiger charge is -2.15. The molecular weight excluding hydrogens is 486 g/mol. The highest BCUT2D eigenvalue weighted by Gasteiger charge is 2.29. The van der Waals surface area contributed by atoms with Gasteiger partial charge in [-0.1, -0.05) is 64.5 Å². The number of nitrogens with zero attached hydrogens (tertiary/aromatic N) is 2. The topological polar surface area (TPSA) is 93.5 Å². The molecule has 3 aromatic carbocycles. The van der Waals surface area contributed by atoms with Crippen molar-refractivity contribution in [2.45, 2.75) is 5.92 Å². The Labute approximate surface area is 197 Å². The predicted octanol–water partition coefficient (Wildman–Crippen LogP) is 5.69. The molecule has 5 rings (SSSR count). The minimum Gasteiger partial charge on any atom is -0.477 e. The Hall–Kier alpha value is -3.91. The Bertz CT molecular complexity index is 1320. The fraction of sp³-hybridized carbons (Fsp3) is 0.0800. The van der Waals surface area contributed by atoms with Gasteiger partial charge in [-0.15, -0.1) is 0 Å². The smallest absolute Gasteiger partial charge is 0.412 e. The molecule has 1 aliphatic carbocycles. The first kappa shape index (κ1) is 21.0. The first-order valence-corrected chi connectivity index (χ1v) is 11.0. The van der Waals surface area contributed by atoms with Crippen LogP contribution in [0.15, 0.2) is 83.5 Å². The molecule has 0 fully saturated rings. The van der Waals surface area contributed by atoms with Crippen LogP contribution < -0.4 is 5.32 Å². The van der Waals surface area contributed by atoms with Crippen LogP contribution in [0.5, 0.6) is 0 Å². The molecule has 0 atom stereocenters. The highest BCUT2D eigenvalue weighted by Crippen LogP contribution is 2.44. The minimum absolute atomic E-state index is 0.0297. The summed E-state index contributed by atoms with van der Waals surface area (Å²) in [6.45, 7) is 0.120. The van der Waals surface area contributed by atoms with Gasteiger partial charge in [0.15, 0.2) is 5.82 Å². The molecule has 1 aliphatic rings. The second-order valence-electron chi connectivity index (χ2n) is 7.55. The van der Waals surface area contributed by atoms with Gasteiger partial charge in [0, 0.05) is 10.4 Å². The molecule has 0 unspecified atom stereocenters. The molecule has 0 spiro atoms. The molecule has 7 nitrogen and oxygen atoms in total. The molecule has 33 heavy (non-hydrogen) atoms. The van der Waals surface area contributed by atoms with Crippen molar-refractivity contribution >= 4 is 33.8 Å².